The van der Waals surface area contributed by atoms with Gasteiger partial charge in [0.25, 0.3) is 0 Å². The third kappa shape index (κ3) is 2.72. The highest BCUT2D eigenvalue weighted by atomic mass is 79.9. The molecule has 1 atom stereocenters. The molecule has 0 aromatic carbocycles. The minimum Gasteiger partial charge on any atom is -0.481 e. The first-order chi connectivity index (χ1) is 7.65. The van der Waals surface area contributed by atoms with Gasteiger partial charge in [-0.1, -0.05) is 0 Å². The average Bonchev–Trinajstić information content (AvgIpc) is 2.66. The predicted molar refractivity (Wildman–Crippen MR) is 64.5 cm³/mol. The second kappa shape index (κ2) is 4.82. The highest BCUT2D eigenvalue weighted by Crippen LogP contribution is 2.24. The van der Waals surface area contributed by atoms with E-state index >= 15 is 0 Å². The lowest BCUT2D eigenvalue weighted by Gasteiger charge is -2.16. The van der Waals surface area contributed by atoms with Gasteiger partial charge >= 0.3 is 5.97 Å². The number of halogens is 1. The number of aromatic nitrogens is 1. The Kier molecular flexibility index (Phi) is 3.43. The largest absolute Gasteiger partial charge is 0.481 e. The van der Waals surface area contributed by atoms with Crippen LogP contribution in [-0.4, -0.2) is 29.1 Å². The van der Waals surface area contributed by atoms with E-state index < -0.39 is 5.97 Å². The molecular formula is C11H13BrN2O2. The van der Waals surface area contributed by atoms with Gasteiger partial charge in [-0.3, -0.25) is 4.79 Å². The third-order valence-electron chi connectivity index (χ3n) is 2.78. The molecule has 2 rings (SSSR count). The highest BCUT2D eigenvalue weighted by molar-refractivity contribution is 9.10. The molecule has 1 saturated heterocycles. The SMILES string of the molecule is O=C(O)C[C@H]1CCN(c2ccc(Br)cn2)C1. The first-order valence-electron chi connectivity index (χ1n) is 5.23. The molecule has 2 heterocycles. The molecule has 0 unspecified atom stereocenters. The molecule has 0 spiro atoms. The van der Waals surface area contributed by atoms with Gasteiger partial charge in [0.15, 0.2) is 0 Å². The summed E-state index contributed by atoms with van der Waals surface area (Å²) in [4.78, 5) is 17.0. The van der Waals surface area contributed by atoms with Crippen molar-refractivity contribution in [3.63, 3.8) is 0 Å². The van der Waals surface area contributed by atoms with E-state index in [1.165, 1.54) is 0 Å². The summed E-state index contributed by atoms with van der Waals surface area (Å²) in [7, 11) is 0. The number of hydrogen-bond acceptors (Lipinski definition) is 3. The minimum absolute atomic E-state index is 0.253. The van der Waals surface area contributed by atoms with Crippen molar-refractivity contribution < 1.29 is 9.90 Å². The van der Waals surface area contributed by atoms with Gasteiger partial charge < -0.3 is 10.0 Å². The Bertz CT molecular complexity index is 380. The maximum absolute atomic E-state index is 10.6. The van der Waals surface area contributed by atoms with Crippen molar-refractivity contribution in [2.45, 2.75) is 12.8 Å². The highest BCUT2D eigenvalue weighted by Gasteiger charge is 2.25. The van der Waals surface area contributed by atoms with E-state index in [0.717, 1.165) is 29.8 Å². The van der Waals surface area contributed by atoms with Gasteiger partial charge in [0.05, 0.1) is 0 Å². The lowest BCUT2D eigenvalue weighted by molar-refractivity contribution is -0.137. The number of aliphatic carboxylic acids is 1. The van der Waals surface area contributed by atoms with Crippen LogP contribution in [0.5, 0.6) is 0 Å². The summed E-state index contributed by atoms with van der Waals surface area (Å²) in [6.45, 7) is 1.69. The summed E-state index contributed by atoms with van der Waals surface area (Å²) in [5.74, 6) is 0.467. The molecule has 5 heteroatoms. The molecule has 0 bridgehead atoms. The molecule has 1 N–H and O–H groups in total. The van der Waals surface area contributed by atoms with Crippen LogP contribution in [0.2, 0.25) is 0 Å². The van der Waals surface area contributed by atoms with E-state index in [1.54, 1.807) is 6.20 Å². The van der Waals surface area contributed by atoms with Gasteiger partial charge in [0, 0.05) is 30.2 Å². The molecule has 0 aliphatic carbocycles. The second-order valence-electron chi connectivity index (χ2n) is 4.03. The molecule has 1 aromatic heterocycles. The Labute approximate surface area is 102 Å². The fourth-order valence-electron chi connectivity index (χ4n) is 2.01. The number of nitrogens with zero attached hydrogens (tertiary/aromatic N) is 2. The van der Waals surface area contributed by atoms with Gasteiger partial charge in [-0.15, -0.1) is 0 Å². The zero-order valence-electron chi connectivity index (χ0n) is 8.77. The smallest absolute Gasteiger partial charge is 0.303 e. The van der Waals surface area contributed by atoms with Crippen molar-refractivity contribution >= 4 is 27.7 Å². The van der Waals surface area contributed by atoms with Crippen molar-refractivity contribution in [1.82, 2.24) is 4.98 Å². The Balaban J connectivity index is 1.98. The fraction of sp³-hybridized carbons (Fsp3) is 0.455. The molecule has 1 aliphatic heterocycles. The number of carboxylic acid groups (broad SMARTS) is 1. The van der Waals surface area contributed by atoms with Crippen LogP contribution in [0.15, 0.2) is 22.8 Å². The van der Waals surface area contributed by atoms with Crippen LogP contribution < -0.4 is 4.90 Å². The first kappa shape index (κ1) is 11.4. The van der Waals surface area contributed by atoms with E-state index in [1.807, 2.05) is 12.1 Å². The van der Waals surface area contributed by atoms with Crippen molar-refractivity contribution in [2.75, 3.05) is 18.0 Å². The number of pyridine rings is 1. The standard InChI is InChI=1S/C11H13BrN2O2/c12-9-1-2-10(13-6-9)14-4-3-8(7-14)5-11(15)16/h1-2,6,8H,3-5,7H2,(H,15,16)/t8-/m1/s1. The topological polar surface area (TPSA) is 53.4 Å². The Morgan fingerprint density at radius 1 is 1.62 bits per heavy atom. The molecule has 1 fully saturated rings. The molecule has 1 aliphatic rings. The van der Waals surface area contributed by atoms with E-state index in [0.29, 0.717) is 0 Å². The van der Waals surface area contributed by atoms with Crippen molar-refractivity contribution in [3.8, 4) is 0 Å². The van der Waals surface area contributed by atoms with Crippen LogP contribution in [-0.2, 0) is 4.79 Å². The Morgan fingerprint density at radius 2 is 2.44 bits per heavy atom. The summed E-state index contributed by atoms with van der Waals surface area (Å²) in [5, 5.41) is 8.73. The van der Waals surface area contributed by atoms with Crippen LogP contribution in [0.3, 0.4) is 0 Å². The van der Waals surface area contributed by atoms with Crippen LogP contribution >= 0.6 is 15.9 Å². The average molecular weight is 285 g/mol. The molecule has 1 aromatic rings. The van der Waals surface area contributed by atoms with Crippen LogP contribution in [0.4, 0.5) is 5.82 Å². The van der Waals surface area contributed by atoms with Crippen LogP contribution in [0.25, 0.3) is 0 Å². The van der Waals surface area contributed by atoms with E-state index in [2.05, 4.69) is 25.8 Å². The summed E-state index contributed by atoms with van der Waals surface area (Å²) in [6, 6.07) is 3.90. The summed E-state index contributed by atoms with van der Waals surface area (Å²) >= 11 is 3.34. The number of carboxylic acids is 1. The maximum atomic E-state index is 10.6. The van der Waals surface area contributed by atoms with Gasteiger partial charge in [-0.05, 0) is 40.4 Å². The van der Waals surface area contributed by atoms with Gasteiger partial charge in [0.1, 0.15) is 5.82 Å². The lowest BCUT2D eigenvalue weighted by Crippen LogP contribution is -2.21. The molecule has 0 saturated carbocycles. The van der Waals surface area contributed by atoms with Crippen LogP contribution in [0, 0.1) is 5.92 Å². The monoisotopic (exact) mass is 284 g/mol. The fourth-order valence-corrected chi connectivity index (χ4v) is 2.24. The van der Waals surface area contributed by atoms with E-state index in [9.17, 15) is 4.79 Å². The minimum atomic E-state index is -0.712. The predicted octanol–water partition coefficient (Wildman–Crippen LogP) is 2.15. The summed E-state index contributed by atoms with van der Waals surface area (Å²) in [6.07, 6.45) is 2.96. The number of rotatable bonds is 3. The summed E-state index contributed by atoms with van der Waals surface area (Å²) in [5.41, 5.74) is 0. The Morgan fingerprint density at radius 3 is 3.06 bits per heavy atom. The van der Waals surface area contributed by atoms with Gasteiger partial charge in [0.2, 0.25) is 0 Å². The molecule has 86 valence electrons. The number of hydrogen-bond donors (Lipinski definition) is 1. The quantitative estimate of drug-likeness (QED) is 0.924. The zero-order valence-corrected chi connectivity index (χ0v) is 10.4. The van der Waals surface area contributed by atoms with Crippen LogP contribution in [0.1, 0.15) is 12.8 Å². The maximum Gasteiger partial charge on any atom is 0.303 e. The molecular weight excluding hydrogens is 272 g/mol. The number of anilines is 1. The molecule has 0 amide bonds. The summed E-state index contributed by atoms with van der Waals surface area (Å²) < 4.78 is 0.956. The lowest BCUT2D eigenvalue weighted by atomic mass is 10.1. The van der Waals surface area contributed by atoms with Gasteiger partial charge in [-0.2, -0.15) is 0 Å². The van der Waals surface area contributed by atoms with E-state index in [-0.39, 0.29) is 12.3 Å². The normalized spacial score (nSPS) is 20.1. The molecule has 4 nitrogen and oxygen atoms in total. The number of carbonyl (C=O) groups is 1. The van der Waals surface area contributed by atoms with Crippen molar-refractivity contribution in [3.05, 3.63) is 22.8 Å². The third-order valence-corrected chi connectivity index (χ3v) is 3.25. The molecule has 16 heavy (non-hydrogen) atoms. The Hall–Kier alpha value is -1.10. The van der Waals surface area contributed by atoms with Gasteiger partial charge in [-0.25, -0.2) is 4.98 Å². The second-order valence-corrected chi connectivity index (χ2v) is 4.95. The zero-order chi connectivity index (χ0) is 11.5. The van der Waals surface area contributed by atoms with E-state index in [4.69, 9.17) is 5.11 Å². The van der Waals surface area contributed by atoms with Crippen molar-refractivity contribution in [1.29, 1.82) is 0 Å². The first-order valence-corrected chi connectivity index (χ1v) is 6.03. The molecule has 0 radical (unpaired) electrons. The van der Waals surface area contributed by atoms with Crippen molar-refractivity contribution in [2.24, 2.45) is 5.92 Å².